The van der Waals surface area contributed by atoms with Crippen LogP contribution in [-0.2, 0) is 4.79 Å². The first-order chi connectivity index (χ1) is 6.58. The largest absolute Gasteiger partial charge is 0.332 e. The number of amides is 1. The van der Waals surface area contributed by atoms with E-state index >= 15 is 0 Å². The summed E-state index contributed by atoms with van der Waals surface area (Å²) in [5.41, 5.74) is 0.785. The van der Waals surface area contributed by atoms with Gasteiger partial charge in [-0.25, -0.2) is 0 Å². The Bertz CT molecular complexity index is 350. The quantitative estimate of drug-likeness (QED) is 0.724. The molecule has 0 radical (unpaired) electrons. The van der Waals surface area contributed by atoms with Crippen LogP contribution in [0, 0.1) is 0 Å². The van der Waals surface area contributed by atoms with Crippen molar-refractivity contribution < 1.29 is 4.79 Å². The summed E-state index contributed by atoms with van der Waals surface area (Å²) in [5.74, 6) is -0.198. The second kappa shape index (κ2) is 4.93. The van der Waals surface area contributed by atoms with Gasteiger partial charge in [0.25, 0.3) is 0 Å². The summed E-state index contributed by atoms with van der Waals surface area (Å²) in [6.07, 6.45) is 0. The summed E-state index contributed by atoms with van der Waals surface area (Å²) in [5, 5.41) is 6.23. The number of hydrogen-bond acceptors (Lipinski definition) is 2. The lowest BCUT2D eigenvalue weighted by molar-refractivity contribution is -0.117. The Morgan fingerprint density at radius 3 is 2.43 bits per heavy atom. The third-order valence-corrected chi connectivity index (χ3v) is 1.85. The number of hydrogen-bond donors (Lipinski definition) is 2. The zero-order valence-corrected chi connectivity index (χ0v) is 9.08. The molecule has 0 atom stereocenters. The van der Waals surface area contributed by atoms with Crippen LogP contribution < -0.4 is 10.6 Å². The normalized spacial score (nSPS) is 9.29. The van der Waals surface area contributed by atoms with Gasteiger partial charge in [0, 0.05) is 17.6 Å². The maximum atomic E-state index is 10.6. The summed E-state index contributed by atoms with van der Waals surface area (Å²) in [4.78, 5) is 10.6. The number of carbonyl (C=O) groups excluding carboxylic acids is 1. The second-order valence-electron chi connectivity index (χ2n) is 2.64. The molecule has 1 aromatic carbocycles. The smallest absolute Gasteiger partial charge is 0.222 e. The molecule has 1 aromatic rings. The molecule has 3 nitrogen and oxygen atoms in total. The summed E-state index contributed by atoms with van der Waals surface area (Å²) >= 11 is 10.6. The number of carbonyl (C=O) groups is 1. The van der Waals surface area contributed by atoms with Crippen LogP contribution in [0.15, 0.2) is 24.3 Å². The molecule has 0 saturated carbocycles. The van der Waals surface area contributed by atoms with Crippen LogP contribution in [0.1, 0.15) is 6.92 Å². The van der Waals surface area contributed by atoms with E-state index in [1.54, 1.807) is 24.3 Å². The van der Waals surface area contributed by atoms with Crippen LogP contribution in [0.3, 0.4) is 0 Å². The minimum atomic E-state index is -0.198. The molecule has 0 fully saturated rings. The zero-order chi connectivity index (χ0) is 10.6. The molecule has 0 aliphatic heterocycles. The van der Waals surface area contributed by atoms with E-state index < -0.39 is 0 Å². The Hall–Kier alpha value is -1.13. The lowest BCUT2D eigenvalue weighted by Gasteiger charge is -2.07. The highest BCUT2D eigenvalue weighted by molar-refractivity contribution is 7.80. The first kappa shape index (κ1) is 10.9. The van der Waals surface area contributed by atoms with E-state index in [9.17, 15) is 4.79 Å². The predicted octanol–water partition coefficient (Wildman–Crippen LogP) is 2.17. The van der Waals surface area contributed by atoms with E-state index in [0.717, 1.165) is 5.69 Å². The van der Waals surface area contributed by atoms with Crippen molar-refractivity contribution in [3.8, 4) is 0 Å². The molecule has 14 heavy (non-hydrogen) atoms. The van der Waals surface area contributed by atoms with Crippen LogP contribution >= 0.6 is 23.8 Å². The lowest BCUT2D eigenvalue weighted by atomic mass is 10.3. The second-order valence-corrected chi connectivity index (χ2v) is 3.49. The van der Waals surface area contributed by atoms with Crippen LogP contribution in [-0.4, -0.2) is 11.0 Å². The van der Waals surface area contributed by atoms with Gasteiger partial charge in [0.05, 0.1) is 0 Å². The third-order valence-electron chi connectivity index (χ3n) is 1.39. The van der Waals surface area contributed by atoms with E-state index in [0.29, 0.717) is 5.02 Å². The summed E-state index contributed by atoms with van der Waals surface area (Å²) in [6, 6.07) is 7.02. The molecule has 0 bridgehead atoms. The Balaban J connectivity index is 2.56. The predicted molar refractivity (Wildman–Crippen MR) is 61.5 cm³/mol. The van der Waals surface area contributed by atoms with Gasteiger partial charge in [-0.1, -0.05) is 11.6 Å². The molecule has 74 valence electrons. The van der Waals surface area contributed by atoms with Crippen LogP contribution in [0.2, 0.25) is 5.02 Å². The van der Waals surface area contributed by atoms with Gasteiger partial charge in [0.2, 0.25) is 5.91 Å². The van der Waals surface area contributed by atoms with Gasteiger partial charge in [-0.15, -0.1) is 0 Å². The van der Waals surface area contributed by atoms with Crippen molar-refractivity contribution in [2.45, 2.75) is 6.92 Å². The molecular formula is C9H9ClN2OS. The molecule has 2 N–H and O–H groups in total. The van der Waals surface area contributed by atoms with Gasteiger partial charge in [-0.2, -0.15) is 0 Å². The van der Waals surface area contributed by atoms with E-state index in [-0.39, 0.29) is 11.0 Å². The van der Waals surface area contributed by atoms with Crippen molar-refractivity contribution in [1.29, 1.82) is 0 Å². The number of benzene rings is 1. The first-order valence-corrected chi connectivity index (χ1v) is 4.70. The molecule has 0 aliphatic carbocycles. The van der Waals surface area contributed by atoms with Crippen molar-refractivity contribution in [2.75, 3.05) is 5.32 Å². The molecule has 0 spiro atoms. The Morgan fingerprint density at radius 2 is 1.93 bits per heavy atom. The van der Waals surface area contributed by atoms with Gasteiger partial charge < -0.3 is 10.6 Å². The fourth-order valence-corrected chi connectivity index (χ4v) is 1.24. The van der Waals surface area contributed by atoms with E-state index in [1.807, 2.05) is 0 Å². The Morgan fingerprint density at radius 1 is 1.36 bits per heavy atom. The fraction of sp³-hybridized carbons (Fsp3) is 0.111. The third kappa shape index (κ3) is 3.72. The number of thiocarbonyl (C=S) groups is 1. The van der Waals surface area contributed by atoms with E-state index in [4.69, 9.17) is 23.8 Å². The standard InChI is InChI=1S/C9H9ClN2OS/c1-6(13)11-9(14)12-8-4-2-7(10)3-5-8/h2-5H,1H3,(H2,11,12,13,14). The molecule has 1 amide bonds. The summed E-state index contributed by atoms with van der Waals surface area (Å²) < 4.78 is 0. The lowest BCUT2D eigenvalue weighted by Crippen LogP contribution is -2.32. The average molecular weight is 229 g/mol. The molecule has 0 aromatic heterocycles. The molecule has 0 heterocycles. The maximum Gasteiger partial charge on any atom is 0.222 e. The molecule has 5 heteroatoms. The molecule has 0 aliphatic rings. The first-order valence-electron chi connectivity index (χ1n) is 3.92. The topological polar surface area (TPSA) is 41.1 Å². The minimum absolute atomic E-state index is 0.198. The SMILES string of the molecule is CC(=O)NC(=S)Nc1ccc(Cl)cc1. The molecule has 0 saturated heterocycles. The monoisotopic (exact) mass is 228 g/mol. The highest BCUT2D eigenvalue weighted by atomic mass is 35.5. The van der Waals surface area contributed by atoms with Crippen molar-refractivity contribution in [3.05, 3.63) is 29.3 Å². The van der Waals surface area contributed by atoms with Gasteiger partial charge in [0.15, 0.2) is 5.11 Å². The van der Waals surface area contributed by atoms with Crippen LogP contribution in [0.5, 0.6) is 0 Å². The average Bonchev–Trinajstić information content (AvgIpc) is 2.07. The highest BCUT2D eigenvalue weighted by Crippen LogP contribution is 2.12. The van der Waals surface area contributed by atoms with Crippen LogP contribution in [0.25, 0.3) is 0 Å². The van der Waals surface area contributed by atoms with Gasteiger partial charge in [-0.05, 0) is 36.5 Å². The van der Waals surface area contributed by atoms with Crippen molar-refractivity contribution in [1.82, 2.24) is 5.32 Å². The summed E-state index contributed by atoms with van der Waals surface area (Å²) in [7, 11) is 0. The highest BCUT2D eigenvalue weighted by Gasteiger charge is 1.98. The van der Waals surface area contributed by atoms with Crippen molar-refractivity contribution >= 4 is 40.5 Å². The molecular weight excluding hydrogens is 220 g/mol. The number of rotatable bonds is 1. The van der Waals surface area contributed by atoms with Gasteiger partial charge in [-0.3, -0.25) is 4.79 Å². The van der Waals surface area contributed by atoms with E-state index in [1.165, 1.54) is 6.92 Å². The Labute approximate surface area is 92.4 Å². The molecule has 1 rings (SSSR count). The van der Waals surface area contributed by atoms with E-state index in [2.05, 4.69) is 10.6 Å². The van der Waals surface area contributed by atoms with Crippen molar-refractivity contribution in [2.24, 2.45) is 0 Å². The number of halogens is 1. The van der Waals surface area contributed by atoms with Crippen LogP contribution in [0.4, 0.5) is 5.69 Å². The zero-order valence-electron chi connectivity index (χ0n) is 7.50. The summed E-state index contributed by atoms with van der Waals surface area (Å²) in [6.45, 7) is 1.40. The fourth-order valence-electron chi connectivity index (χ4n) is 0.855. The molecule has 0 unspecified atom stereocenters. The Kier molecular flexibility index (Phi) is 3.85. The van der Waals surface area contributed by atoms with Crippen molar-refractivity contribution in [3.63, 3.8) is 0 Å². The number of anilines is 1. The minimum Gasteiger partial charge on any atom is -0.332 e. The van der Waals surface area contributed by atoms with Gasteiger partial charge >= 0.3 is 0 Å². The van der Waals surface area contributed by atoms with Gasteiger partial charge in [0.1, 0.15) is 0 Å². The maximum absolute atomic E-state index is 10.6. The number of nitrogens with one attached hydrogen (secondary N) is 2.